The van der Waals surface area contributed by atoms with Crippen molar-refractivity contribution in [1.29, 1.82) is 0 Å². The van der Waals surface area contributed by atoms with Gasteiger partial charge in [-0.2, -0.15) is 5.10 Å². The second kappa shape index (κ2) is 6.41. The van der Waals surface area contributed by atoms with Gasteiger partial charge in [-0.1, -0.05) is 35.9 Å². The molecule has 2 heterocycles. The molecule has 25 heavy (non-hydrogen) atoms. The zero-order valence-corrected chi connectivity index (χ0v) is 14.0. The predicted octanol–water partition coefficient (Wildman–Crippen LogP) is 3.87. The Bertz CT molecular complexity index is 1030. The number of fused-ring (bicyclic) bond motifs is 1. The van der Waals surface area contributed by atoms with Crippen LogP contribution in [0.3, 0.4) is 0 Å². The average molecular weight is 351 g/mol. The molecule has 4 aromatic rings. The van der Waals surface area contributed by atoms with E-state index in [2.05, 4.69) is 25.5 Å². The lowest BCUT2D eigenvalue weighted by Gasteiger charge is -2.07. The first-order valence-corrected chi connectivity index (χ1v) is 8.12. The van der Waals surface area contributed by atoms with Crippen molar-refractivity contribution in [1.82, 2.24) is 20.2 Å². The number of halogens is 1. The van der Waals surface area contributed by atoms with Gasteiger partial charge < -0.3 is 11.1 Å². The fourth-order valence-electron chi connectivity index (χ4n) is 2.60. The minimum atomic E-state index is 0.497. The van der Waals surface area contributed by atoms with Crippen LogP contribution in [0.5, 0.6) is 0 Å². The van der Waals surface area contributed by atoms with Crippen LogP contribution in [0.25, 0.3) is 22.0 Å². The van der Waals surface area contributed by atoms with E-state index in [0.29, 0.717) is 18.3 Å². The van der Waals surface area contributed by atoms with Crippen LogP contribution in [0.4, 0.5) is 11.8 Å². The summed E-state index contributed by atoms with van der Waals surface area (Å²) in [4.78, 5) is 8.74. The van der Waals surface area contributed by atoms with Crippen LogP contribution in [-0.4, -0.2) is 20.2 Å². The molecule has 0 aliphatic rings. The maximum absolute atomic E-state index is 6.15. The molecule has 0 aliphatic heterocycles. The lowest BCUT2D eigenvalue weighted by Crippen LogP contribution is -2.03. The Kier molecular flexibility index (Phi) is 3.95. The van der Waals surface area contributed by atoms with E-state index in [0.717, 1.165) is 32.6 Å². The molecule has 0 bridgehead atoms. The van der Waals surface area contributed by atoms with Gasteiger partial charge >= 0.3 is 0 Å². The minimum absolute atomic E-state index is 0.497. The van der Waals surface area contributed by atoms with E-state index in [1.54, 1.807) is 12.4 Å². The van der Waals surface area contributed by atoms with Crippen molar-refractivity contribution < 1.29 is 0 Å². The first-order valence-electron chi connectivity index (χ1n) is 7.74. The van der Waals surface area contributed by atoms with Crippen molar-refractivity contribution in [3.8, 4) is 11.1 Å². The summed E-state index contributed by atoms with van der Waals surface area (Å²) in [6, 6.07) is 13.6. The summed E-state index contributed by atoms with van der Waals surface area (Å²) in [5.74, 6) is 1.05. The lowest BCUT2D eigenvalue weighted by molar-refractivity contribution is 1.06. The molecule has 7 heteroatoms. The van der Waals surface area contributed by atoms with Gasteiger partial charge in [-0.15, -0.1) is 0 Å². The number of aromatic nitrogens is 4. The van der Waals surface area contributed by atoms with E-state index in [-0.39, 0.29) is 0 Å². The minimum Gasteiger partial charge on any atom is -0.382 e. The molecule has 2 aromatic heterocycles. The fourth-order valence-corrected chi connectivity index (χ4v) is 2.81. The molecule has 4 N–H and O–H groups in total. The van der Waals surface area contributed by atoms with Crippen molar-refractivity contribution in [2.45, 2.75) is 6.54 Å². The second-order valence-corrected chi connectivity index (χ2v) is 6.02. The number of rotatable bonds is 4. The van der Waals surface area contributed by atoms with Gasteiger partial charge in [0.2, 0.25) is 5.95 Å². The zero-order chi connectivity index (χ0) is 17.2. The van der Waals surface area contributed by atoms with E-state index >= 15 is 0 Å². The van der Waals surface area contributed by atoms with E-state index in [9.17, 15) is 0 Å². The number of hydrogen-bond donors (Lipinski definition) is 3. The van der Waals surface area contributed by atoms with Crippen molar-refractivity contribution in [2.75, 3.05) is 11.1 Å². The third kappa shape index (κ3) is 3.12. The van der Waals surface area contributed by atoms with Crippen LogP contribution in [-0.2, 0) is 6.54 Å². The monoisotopic (exact) mass is 350 g/mol. The highest BCUT2D eigenvalue weighted by atomic mass is 35.5. The number of nitrogens with two attached hydrogens (primary N) is 1. The largest absolute Gasteiger partial charge is 0.382 e. The van der Waals surface area contributed by atoms with Gasteiger partial charge in [-0.3, -0.25) is 5.10 Å². The SMILES string of the molecule is Nc1n[nH]c2cc(-c3cnc(NCc4ccccc4Cl)nc3)ccc12. The number of H-pyrrole nitrogens is 1. The number of hydrogen-bond acceptors (Lipinski definition) is 5. The molecule has 4 rings (SSSR count). The Labute approximate surface area is 149 Å². The maximum atomic E-state index is 6.15. The van der Waals surface area contributed by atoms with Crippen LogP contribution in [0.2, 0.25) is 5.02 Å². The molecule has 2 aromatic carbocycles. The lowest BCUT2D eigenvalue weighted by atomic mass is 10.1. The van der Waals surface area contributed by atoms with Gasteiger partial charge in [-0.25, -0.2) is 9.97 Å². The van der Waals surface area contributed by atoms with Crippen molar-refractivity contribution >= 4 is 34.3 Å². The Morgan fingerprint density at radius 3 is 2.64 bits per heavy atom. The first-order chi connectivity index (χ1) is 12.2. The van der Waals surface area contributed by atoms with Crippen LogP contribution < -0.4 is 11.1 Å². The highest BCUT2D eigenvalue weighted by Crippen LogP contribution is 2.25. The van der Waals surface area contributed by atoms with E-state index in [1.165, 1.54) is 0 Å². The van der Waals surface area contributed by atoms with Crippen LogP contribution >= 0.6 is 11.6 Å². The zero-order valence-electron chi connectivity index (χ0n) is 13.2. The van der Waals surface area contributed by atoms with Gasteiger partial charge in [0, 0.05) is 34.9 Å². The van der Waals surface area contributed by atoms with Crippen LogP contribution in [0, 0.1) is 0 Å². The number of anilines is 2. The molecule has 0 amide bonds. The summed E-state index contributed by atoms with van der Waals surface area (Å²) < 4.78 is 0. The highest BCUT2D eigenvalue weighted by Gasteiger charge is 2.06. The fraction of sp³-hybridized carbons (Fsp3) is 0.0556. The maximum Gasteiger partial charge on any atom is 0.222 e. The van der Waals surface area contributed by atoms with E-state index in [1.807, 2.05) is 42.5 Å². The quantitative estimate of drug-likeness (QED) is 0.519. The molecule has 0 saturated heterocycles. The van der Waals surface area contributed by atoms with Gasteiger partial charge in [-0.05, 0) is 29.3 Å². The molecule has 0 spiro atoms. The van der Waals surface area contributed by atoms with Gasteiger partial charge in [0.15, 0.2) is 5.82 Å². The highest BCUT2D eigenvalue weighted by molar-refractivity contribution is 6.31. The Morgan fingerprint density at radius 1 is 1.04 bits per heavy atom. The number of nitrogens with one attached hydrogen (secondary N) is 2. The summed E-state index contributed by atoms with van der Waals surface area (Å²) in [5, 5.41) is 11.7. The Hall–Kier alpha value is -3.12. The van der Waals surface area contributed by atoms with Gasteiger partial charge in [0.1, 0.15) is 0 Å². The molecule has 0 aliphatic carbocycles. The molecular weight excluding hydrogens is 336 g/mol. The molecule has 0 fully saturated rings. The predicted molar refractivity (Wildman–Crippen MR) is 100 cm³/mol. The Morgan fingerprint density at radius 2 is 1.84 bits per heavy atom. The third-order valence-electron chi connectivity index (χ3n) is 3.97. The smallest absolute Gasteiger partial charge is 0.222 e. The molecule has 0 saturated carbocycles. The van der Waals surface area contributed by atoms with Crippen molar-refractivity contribution in [3.63, 3.8) is 0 Å². The molecule has 0 atom stereocenters. The first kappa shape index (κ1) is 15.4. The van der Waals surface area contributed by atoms with Crippen molar-refractivity contribution in [3.05, 3.63) is 65.4 Å². The van der Waals surface area contributed by atoms with Gasteiger partial charge in [0.25, 0.3) is 0 Å². The molecule has 6 nitrogen and oxygen atoms in total. The molecule has 124 valence electrons. The summed E-state index contributed by atoms with van der Waals surface area (Å²) >= 11 is 6.15. The molecule has 0 radical (unpaired) electrons. The van der Waals surface area contributed by atoms with Gasteiger partial charge in [0.05, 0.1) is 5.52 Å². The number of nitrogens with zero attached hydrogens (tertiary/aromatic N) is 3. The molecular formula is C18H15ClN6. The second-order valence-electron chi connectivity index (χ2n) is 5.61. The van der Waals surface area contributed by atoms with Crippen molar-refractivity contribution in [2.24, 2.45) is 0 Å². The molecule has 0 unspecified atom stereocenters. The summed E-state index contributed by atoms with van der Waals surface area (Å²) in [6.07, 6.45) is 3.56. The van der Waals surface area contributed by atoms with Crippen LogP contribution in [0.15, 0.2) is 54.9 Å². The number of nitrogen functional groups attached to an aromatic ring is 1. The summed E-state index contributed by atoms with van der Waals surface area (Å²) in [6.45, 7) is 0.568. The van der Waals surface area contributed by atoms with E-state index in [4.69, 9.17) is 17.3 Å². The summed E-state index contributed by atoms with van der Waals surface area (Å²) in [7, 11) is 0. The Balaban J connectivity index is 1.52. The average Bonchev–Trinajstić information content (AvgIpc) is 3.02. The topological polar surface area (TPSA) is 92.5 Å². The summed E-state index contributed by atoms with van der Waals surface area (Å²) in [5.41, 5.74) is 9.59. The number of benzene rings is 2. The van der Waals surface area contributed by atoms with E-state index < -0.39 is 0 Å². The van der Waals surface area contributed by atoms with Crippen LogP contribution in [0.1, 0.15) is 5.56 Å². The standard InChI is InChI=1S/C18H15ClN6/c19-15-4-2-1-3-12(15)8-21-18-22-9-13(10-23-18)11-5-6-14-16(7-11)24-25-17(14)20/h1-7,9-10H,8H2,(H3,20,24,25)(H,21,22,23). The normalized spacial score (nSPS) is 10.9. The third-order valence-corrected chi connectivity index (χ3v) is 4.34. The number of aromatic amines is 1.